The van der Waals surface area contributed by atoms with Crippen LogP contribution in [0, 0.1) is 0 Å². The number of methoxy groups -OCH3 is 1. The van der Waals surface area contributed by atoms with Gasteiger partial charge in [0.1, 0.15) is 0 Å². The third-order valence-electron chi connectivity index (χ3n) is 2.74. The zero-order valence-electron chi connectivity index (χ0n) is 9.40. The predicted octanol–water partition coefficient (Wildman–Crippen LogP) is 1.99. The Balaban J connectivity index is 1.91. The number of aromatic hydroxyl groups is 1. The average molecular weight is 223 g/mol. The zero-order valence-corrected chi connectivity index (χ0v) is 9.40. The standard InChI is InChI=1S/C12H17NO3/c1-15-12-5-4-9(7-11(12)14)13-8-10-3-2-6-16-10/h4-5,7,10,13-14H,2-3,6,8H2,1H3. The molecule has 1 aromatic carbocycles. The molecule has 1 saturated heterocycles. The minimum atomic E-state index is 0.153. The van der Waals surface area contributed by atoms with E-state index in [4.69, 9.17) is 9.47 Å². The van der Waals surface area contributed by atoms with Crippen molar-refractivity contribution in [2.75, 3.05) is 25.6 Å². The van der Waals surface area contributed by atoms with Crippen LogP contribution in [0.1, 0.15) is 12.8 Å². The maximum Gasteiger partial charge on any atom is 0.160 e. The third kappa shape index (κ3) is 2.58. The van der Waals surface area contributed by atoms with Gasteiger partial charge in [0.15, 0.2) is 11.5 Å². The number of phenols is 1. The summed E-state index contributed by atoms with van der Waals surface area (Å²) < 4.78 is 10.5. The van der Waals surface area contributed by atoms with Crippen molar-refractivity contribution in [3.05, 3.63) is 18.2 Å². The van der Waals surface area contributed by atoms with E-state index < -0.39 is 0 Å². The molecule has 4 nitrogen and oxygen atoms in total. The van der Waals surface area contributed by atoms with Crippen molar-refractivity contribution < 1.29 is 14.6 Å². The SMILES string of the molecule is COc1ccc(NCC2CCCO2)cc1O. The normalized spacial score (nSPS) is 19.7. The fourth-order valence-corrected chi connectivity index (χ4v) is 1.84. The van der Waals surface area contributed by atoms with Crippen LogP contribution in [0.2, 0.25) is 0 Å². The van der Waals surface area contributed by atoms with Gasteiger partial charge in [0.2, 0.25) is 0 Å². The summed E-state index contributed by atoms with van der Waals surface area (Å²) in [5.41, 5.74) is 0.883. The van der Waals surface area contributed by atoms with Crippen molar-refractivity contribution in [3.63, 3.8) is 0 Å². The molecule has 88 valence electrons. The lowest BCUT2D eigenvalue weighted by atomic mass is 10.2. The first-order valence-corrected chi connectivity index (χ1v) is 5.52. The topological polar surface area (TPSA) is 50.7 Å². The Bertz CT molecular complexity index is 348. The van der Waals surface area contributed by atoms with Crippen molar-refractivity contribution in [3.8, 4) is 11.5 Å². The number of rotatable bonds is 4. The van der Waals surface area contributed by atoms with Crippen LogP contribution in [0.3, 0.4) is 0 Å². The molecule has 0 radical (unpaired) electrons. The van der Waals surface area contributed by atoms with Gasteiger partial charge < -0.3 is 19.9 Å². The second-order valence-corrected chi connectivity index (χ2v) is 3.90. The average Bonchev–Trinajstić information content (AvgIpc) is 2.79. The monoisotopic (exact) mass is 223 g/mol. The smallest absolute Gasteiger partial charge is 0.160 e. The molecule has 0 saturated carbocycles. The molecule has 2 N–H and O–H groups in total. The molecular weight excluding hydrogens is 206 g/mol. The second-order valence-electron chi connectivity index (χ2n) is 3.90. The van der Waals surface area contributed by atoms with Gasteiger partial charge in [0.25, 0.3) is 0 Å². The summed E-state index contributed by atoms with van der Waals surface area (Å²) in [5, 5.41) is 12.8. The summed E-state index contributed by atoms with van der Waals surface area (Å²) in [4.78, 5) is 0. The van der Waals surface area contributed by atoms with Crippen LogP contribution in [0.15, 0.2) is 18.2 Å². The predicted molar refractivity (Wildman–Crippen MR) is 62.1 cm³/mol. The van der Waals surface area contributed by atoms with Gasteiger partial charge in [0, 0.05) is 24.9 Å². The molecule has 0 bridgehead atoms. The minimum Gasteiger partial charge on any atom is -0.504 e. The lowest BCUT2D eigenvalue weighted by Gasteiger charge is -2.12. The Morgan fingerprint density at radius 3 is 3.06 bits per heavy atom. The number of nitrogens with one attached hydrogen (secondary N) is 1. The number of benzene rings is 1. The summed E-state index contributed by atoms with van der Waals surface area (Å²) in [6.45, 7) is 1.64. The summed E-state index contributed by atoms with van der Waals surface area (Å²) in [6, 6.07) is 5.29. The molecule has 0 aromatic heterocycles. The van der Waals surface area contributed by atoms with Gasteiger partial charge in [-0.2, -0.15) is 0 Å². The van der Waals surface area contributed by atoms with Gasteiger partial charge in [-0.15, -0.1) is 0 Å². The summed E-state index contributed by atoms with van der Waals surface area (Å²) in [7, 11) is 1.54. The molecule has 16 heavy (non-hydrogen) atoms. The number of anilines is 1. The van der Waals surface area contributed by atoms with Crippen LogP contribution in [0.5, 0.6) is 11.5 Å². The van der Waals surface area contributed by atoms with Crippen LogP contribution >= 0.6 is 0 Å². The third-order valence-corrected chi connectivity index (χ3v) is 2.74. The van der Waals surface area contributed by atoms with E-state index in [0.717, 1.165) is 31.7 Å². The highest BCUT2D eigenvalue weighted by Gasteiger charge is 2.14. The van der Waals surface area contributed by atoms with Crippen molar-refractivity contribution in [2.45, 2.75) is 18.9 Å². The summed E-state index contributed by atoms with van der Waals surface area (Å²) in [6.07, 6.45) is 2.54. The van der Waals surface area contributed by atoms with E-state index >= 15 is 0 Å². The molecule has 1 heterocycles. The molecule has 0 spiro atoms. The summed E-state index contributed by atoms with van der Waals surface area (Å²) >= 11 is 0. The molecule has 1 unspecified atom stereocenters. The quantitative estimate of drug-likeness (QED) is 0.819. The van der Waals surface area contributed by atoms with Gasteiger partial charge in [-0.3, -0.25) is 0 Å². The molecule has 1 aliphatic rings. The lowest BCUT2D eigenvalue weighted by Crippen LogP contribution is -2.18. The fourth-order valence-electron chi connectivity index (χ4n) is 1.84. The Hall–Kier alpha value is -1.42. The second kappa shape index (κ2) is 5.07. The van der Waals surface area contributed by atoms with Gasteiger partial charge in [0.05, 0.1) is 13.2 Å². The van der Waals surface area contributed by atoms with Crippen LogP contribution in [-0.2, 0) is 4.74 Å². The van der Waals surface area contributed by atoms with Gasteiger partial charge in [-0.25, -0.2) is 0 Å². The van der Waals surface area contributed by atoms with Gasteiger partial charge in [-0.05, 0) is 25.0 Å². The molecule has 1 atom stereocenters. The number of hydrogen-bond donors (Lipinski definition) is 2. The van der Waals surface area contributed by atoms with Gasteiger partial charge in [-0.1, -0.05) is 0 Å². The minimum absolute atomic E-state index is 0.153. The van der Waals surface area contributed by atoms with Crippen LogP contribution in [-0.4, -0.2) is 31.5 Å². The van der Waals surface area contributed by atoms with E-state index in [1.54, 1.807) is 12.1 Å². The summed E-state index contributed by atoms with van der Waals surface area (Å²) in [5.74, 6) is 0.641. The Kier molecular flexibility index (Phi) is 3.51. The van der Waals surface area contributed by atoms with Crippen LogP contribution in [0.25, 0.3) is 0 Å². The molecule has 0 amide bonds. The highest BCUT2D eigenvalue weighted by Crippen LogP contribution is 2.28. The van der Waals surface area contributed by atoms with E-state index in [0.29, 0.717) is 11.9 Å². The molecule has 1 aliphatic heterocycles. The molecule has 2 rings (SSSR count). The maximum absolute atomic E-state index is 9.59. The Labute approximate surface area is 95.2 Å². The Morgan fingerprint density at radius 2 is 2.44 bits per heavy atom. The molecular formula is C12H17NO3. The zero-order chi connectivity index (χ0) is 11.4. The van der Waals surface area contributed by atoms with Gasteiger partial charge >= 0.3 is 0 Å². The van der Waals surface area contributed by atoms with Crippen molar-refractivity contribution in [1.82, 2.24) is 0 Å². The van der Waals surface area contributed by atoms with Crippen LogP contribution in [0.4, 0.5) is 5.69 Å². The first-order chi connectivity index (χ1) is 7.79. The number of ether oxygens (including phenoxy) is 2. The Morgan fingerprint density at radius 1 is 1.56 bits per heavy atom. The molecule has 1 aromatic rings. The van der Waals surface area contributed by atoms with Crippen molar-refractivity contribution in [1.29, 1.82) is 0 Å². The fraction of sp³-hybridized carbons (Fsp3) is 0.500. The number of hydrogen-bond acceptors (Lipinski definition) is 4. The van der Waals surface area contributed by atoms with E-state index in [2.05, 4.69) is 5.32 Å². The lowest BCUT2D eigenvalue weighted by molar-refractivity contribution is 0.120. The largest absolute Gasteiger partial charge is 0.504 e. The highest BCUT2D eigenvalue weighted by molar-refractivity contribution is 5.54. The molecule has 0 aliphatic carbocycles. The van der Waals surface area contributed by atoms with Crippen LogP contribution < -0.4 is 10.1 Å². The first-order valence-electron chi connectivity index (χ1n) is 5.52. The number of phenolic OH excluding ortho intramolecular Hbond substituents is 1. The van der Waals surface area contributed by atoms with Crippen molar-refractivity contribution >= 4 is 5.69 Å². The molecule has 4 heteroatoms. The van der Waals surface area contributed by atoms with E-state index in [1.807, 2.05) is 6.07 Å². The van der Waals surface area contributed by atoms with E-state index in [-0.39, 0.29) is 5.75 Å². The van der Waals surface area contributed by atoms with E-state index in [9.17, 15) is 5.11 Å². The van der Waals surface area contributed by atoms with Crippen molar-refractivity contribution in [2.24, 2.45) is 0 Å². The highest BCUT2D eigenvalue weighted by atomic mass is 16.5. The van der Waals surface area contributed by atoms with E-state index in [1.165, 1.54) is 7.11 Å². The first kappa shape index (κ1) is 11.1. The maximum atomic E-state index is 9.59. The molecule has 1 fully saturated rings.